The Balaban J connectivity index is 3.33. The van der Waals surface area contributed by atoms with Gasteiger partial charge in [0.05, 0.1) is 6.04 Å². The topological polar surface area (TPSA) is 20.3 Å². The quantitative estimate of drug-likeness (QED) is 0.374. The second kappa shape index (κ2) is 2.69. The molecule has 0 aromatic carbocycles. The van der Waals surface area contributed by atoms with E-state index in [4.69, 9.17) is 0 Å². The van der Waals surface area contributed by atoms with E-state index in [0.717, 1.165) is 0 Å². The summed E-state index contributed by atoms with van der Waals surface area (Å²) in [5.74, 6) is 0. The summed E-state index contributed by atoms with van der Waals surface area (Å²) in [6, 6.07) is -0.611. The van der Waals surface area contributed by atoms with Crippen LogP contribution in [0, 0.1) is 0 Å². The van der Waals surface area contributed by atoms with Crippen LogP contribution in [0.5, 0.6) is 0 Å². The lowest BCUT2D eigenvalue weighted by Gasteiger charge is -2.04. The summed E-state index contributed by atoms with van der Waals surface area (Å²) in [7, 11) is 1.21. The summed E-state index contributed by atoms with van der Waals surface area (Å²) in [6.07, 6.45) is 0.542. The molecule has 3 heteroatoms. The summed E-state index contributed by atoms with van der Waals surface area (Å²) in [5.41, 5.74) is 0. The highest BCUT2D eigenvalue weighted by molar-refractivity contribution is 5.56. The van der Waals surface area contributed by atoms with Gasteiger partial charge in [-0.3, -0.25) is 0 Å². The van der Waals surface area contributed by atoms with E-state index in [9.17, 15) is 9.28 Å². The Morgan fingerprint density at radius 1 is 1.86 bits per heavy atom. The zero-order valence-corrected chi connectivity index (χ0v) is 4.39. The number of hydrogen-bond donors (Lipinski definition) is 0. The molecule has 0 unspecified atom stereocenters. The van der Waals surface area contributed by atoms with E-state index < -0.39 is 6.04 Å². The lowest BCUT2D eigenvalue weighted by atomic mass is 10.4. The number of hydrogen-bond acceptors (Lipinski definition) is 2. The van der Waals surface area contributed by atoms with E-state index in [1.165, 1.54) is 14.0 Å². The lowest BCUT2D eigenvalue weighted by Crippen LogP contribution is -2.21. The first-order valence-electron chi connectivity index (χ1n) is 2.02. The van der Waals surface area contributed by atoms with E-state index >= 15 is 0 Å². The Morgan fingerprint density at radius 3 is 2.29 bits per heavy atom. The molecule has 42 valence electrons. The zero-order chi connectivity index (χ0) is 5.86. The molecule has 2 nitrogen and oxygen atoms in total. The molecule has 0 amide bonds. The van der Waals surface area contributed by atoms with E-state index in [1.807, 2.05) is 0 Å². The second-order valence-electron chi connectivity index (χ2n) is 1.40. The second-order valence-corrected chi connectivity index (χ2v) is 1.40. The van der Waals surface area contributed by atoms with E-state index in [-0.39, 0.29) is 0 Å². The number of aldehydes is 1. The van der Waals surface area contributed by atoms with Crippen molar-refractivity contribution in [2.75, 3.05) is 7.05 Å². The maximum atomic E-state index is 11.7. The van der Waals surface area contributed by atoms with Crippen molar-refractivity contribution in [3.63, 3.8) is 0 Å². The minimum atomic E-state index is -0.611. The molecular formula is C4H8FNO. The van der Waals surface area contributed by atoms with Crippen LogP contribution in [0.4, 0.5) is 4.48 Å². The molecule has 0 aromatic rings. The van der Waals surface area contributed by atoms with Gasteiger partial charge in [-0.2, -0.15) is 0 Å². The number of halogens is 1. The predicted molar refractivity (Wildman–Crippen MR) is 24.4 cm³/mol. The molecule has 7 heavy (non-hydrogen) atoms. The third kappa shape index (κ3) is 2.28. The van der Waals surface area contributed by atoms with Crippen LogP contribution < -0.4 is 0 Å². The first-order valence-corrected chi connectivity index (χ1v) is 2.02. The molecule has 0 aliphatic carbocycles. The highest BCUT2D eigenvalue weighted by Gasteiger charge is 2.02. The van der Waals surface area contributed by atoms with Crippen molar-refractivity contribution >= 4 is 6.29 Å². The third-order valence-corrected chi connectivity index (χ3v) is 0.758. The van der Waals surface area contributed by atoms with Gasteiger partial charge in [0.2, 0.25) is 0 Å². The molecule has 0 aliphatic heterocycles. The van der Waals surface area contributed by atoms with Crippen molar-refractivity contribution in [2.45, 2.75) is 13.0 Å². The van der Waals surface area contributed by atoms with Gasteiger partial charge in [0.15, 0.2) is 0 Å². The third-order valence-electron chi connectivity index (χ3n) is 0.758. The van der Waals surface area contributed by atoms with Crippen LogP contribution >= 0.6 is 0 Å². The molecule has 0 rings (SSSR count). The fraction of sp³-hybridized carbons (Fsp3) is 0.750. The van der Waals surface area contributed by atoms with Gasteiger partial charge in [0, 0.05) is 7.05 Å². The normalized spacial score (nSPS) is 14.3. The summed E-state index contributed by atoms with van der Waals surface area (Å²) < 4.78 is 11.7. The number of rotatable bonds is 2. The zero-order valence-electron chi connectivity index (χ0n) is 4.39. The molecule has 0 spiro atoms. The first-order chi connectivity index (χ1) is 3.18. The van der Waals surface area contributed by atoms with Gasteiger partial charge in [-0.1, -0.05) is 0 Å². The standard InChI is InChI=1S/C4H8FNO/c1-4(3-7)6(2)5/h3-4H,1-2H3/t4-/m0/s1. The molecule has 0 saturated carbocycles. The highest BCUT2D eigenvalue weighted by Crippen LogP contribution is 1.88. The number of carbonyl (C=O) groups excluding carboxylic acids is 1. The average Bonchev–Trinajstić information content (AvgIpc) is 1.65. The van der Waals surface area contributed by atoms with E-state index in [1.54, 1.807) is 0 Å². The Kier molecular flexibility index (Phi) is 2.52. The van der Waals surface area contributed by atoms with Crippen LogP contribution in [-0.2, 0) is 4.79 Å². The number of likely N-dealkylation sites (N-methyl/N-ethyl adjacent to an activating group) is 1. The van der Waals surface area contributed by atoms with Crippen molar-refractivity contribution in [3.05, 3.63) is 0 Å². The average molecular weight is 105 g/mol. The predicted octanol–water partition coefficient (Wildman–Crippen LogP) is 0.390. The van der Waals surface area contributed by atoms with Gasteiger partial charge < -0.3 is 4.79 Å². The SMILES string of the molecule is C[C@@H](C=O)N(C)F. The van der Waals surface area contributed by atoms with Gasteiger partial charge in [-0.15, -0.1) is 9.60 Å². The summed E-state index contributed by atoms with van der Waals surface area (Å²) in [6.45, 7) is 1.48. The van der Waals surface area contributed by atoms with Crippen molar-refractivity contribution in [1.82, 2.24) is 5.12 Å². The Bertz CT molecular complexity index is 64.7. The molecule has 0 heterocycles. The van der Waals surface area contributed by atoms with Gasteiger partial charge in [-0.05, 0) is 6.92 Å². The first kappa shape index (κ1) is 6.56. The maximum Gasteiger partial charge on any atom is 0.139 e. The van der Waals surface area contributed by atoms with Crippen LogP contribution in [0.2, 0.25) is 0 Å². The molecule has 1 atom stereocenters. The Labute approximate surface area is 41.9 Å². The van der Waals surface area contributed by atoms with Crippen molar-refractivity contribution in [3.8, 4) is 0 Å². The van der Waals surface area contributed by atoms with Crippen molar-refractivity contribution in [1.29, 1.82) is 0 Å². The molecule has 0 radical (unpaired) electrons. The molecular weight excluding hydrogens is 97.0 g/mol. The summed E-state index contributed by atoms with van der Waals surface area (Å²) in [5, 5.41) is 0.354. The van der Waals surface area contributed by atoms with Gasteiger partial charge in [0.1, 0.15) is 6.29 Å². The molecule has 0 aliphatic rings. The molecule has 0 saturated heterocycles. The van der Waals surface area contributed by atoms with Crippen molar-refractivity contribution < 1.29 is 9.28 Å². The minimum absolute atomic E-state index is 0.354. The largest absolute Gasteiger partial charge is 0.302 e. The summed E-state index contributed by atoms with van der Waals surface area (Å²) in [4.78, 5) is 9.66. The number of carbonyl (C=O) groups is 1. The van der Waals surface area contributed by atoms with Crippen LogP contribution in [0.1, 0.15) is 6.92 Å². The maximum absolute atomic E-state index is 11.7. The van der Waals surface area contributed by atoms with Gasteiger partial charge in [0.25, 0.3) is 0 Å². The van der Waals surface area contributed by atoms with Crippen LogP contribution in [0.15, 0.2) is 0 Å². The lowest BCUT2D eigenvalue weighted by molar-refractivity contribution is -0.116. The van der Waals surface area contributed by atoms with Crippen molar-refractivity contribution in [2.24, 2.45) is 0 Å². The molecule has 0 aromatic heterocycles. The van der Waals surface area contributed by atoms with E-state index in [2.05, 4.69) is 0 Å². The fourth-order valence-electron chi connectivity index (χ4n) is 0.0839. The van der Waals surface area contributed by atoms with Gasteiger partial charge >= 0.3 is 0 Å². The van der Waals surface area contributed by atoms with Crippen LogP contribution in [0.25, 0.3) is 0 Å². The number of nitrogens with zero attached hydrogens (tertiary/aromatic N) is 1. The van der Waals surface area contributed by atoms with E-state index in [0.29, 0.717) is 11.4 Å². The fourth-order valence-corrected chi connectivity index (χ4v) is 0.0839. The monoisotopic (exact) mass is 105 g/mol. The Hall–Kier alpha value is -0.440. The summed E-state index contributed by atoms with van der Waals surface area (Å²) >= 11 is 0. The molecule has 0 bridgehead atoms. The Morgan fingerprint density at radius 2 is 2.29 bits per heavy atom. The van der Waals surface area contributed by atoms with Crippen LogP contribution in [0.3, 0.4) is 0 Å². The highest BCUT2D eigenvalue weighted by atomic mass is 19.2. The van der Waals surface area contributed by atoms with Crippen LogP contribution in [-0.4, -0.2) is 24.5 Å². The molecule has 0 fully saturated rings. The smallest absolute Gasteiger partial charge is 0.139 e. The van der Waals surface area contributed by atoms with Gasteiger partial charge in [-0.25, -0.2) is 0 Å². The minimum Gasteiger partial charge on any atom is -0.302 e. The molecule has 0 N–H and O–H groups in total.